The fourth-order valence-corrected chi connectivity index (χ4v) is 2.07. The molecule has 0 radical (unpaired) electrons. The lowest BCUT2D eigenvalue weighted by atomic mass is 10.3. The number of quaternary nitrogens is 1. The van der Waals surface area contributed by atoms with Gasteiger partial charge in [-0.3, -0.25) is 0 Å². The van der Waals surface area contributed by atoms with E-state index in [1.165, 1.54) is 30.7 Å². The van der Waals surface area contributed by atoms with Crippen molar-refractivity contribution in [3.63, 3.8) is 0 Å². The number of aliphatic hydroxyl groups is 1. The molecule has 17 heavy (non-hydrogen) atoms. The van der Waals surface area contributed by atoms with Crippen LogP contribution in [0.25, 0.3) is 0 Å². The summed E-state index contributed by atoms with van der Waals surface area (Å²) in [4.78, 5) is 0. The first kappa shape index (κ1) is 19.2. The summed E-state index contributed by atoms with van der Waals surface area (Å²) in [6.45, 7) is 14.0. The van der Waals surface area contributed by atoms with Crippen LogP contribution in [0.1, 0.15) is 34.1 Å². The molecular weight excluding hydrogens is 242 g/mol. The Kier molecular flexibility index (Phi) is 11.1. The van der Waals surface area contributed by atoms with Gasteiger partial charge in [-0.1, -0.05) is 0 Å². The van der Waals surface area contributed by atoms with E-state index in [0.717, 1.165) is 0 Å². The summed E-state index contributed by atoms with van der Waals surface area (Å²) in [6, 6.07) is 0. The average Bonchev–Trinajstić information content (AvgIpc) is 2.30. The molecule has 6 heteroatoms. The number of hydrogen-bond donors (Lipinski definition) is 1. The molecule has 0 saturated carbocycles. The third-order valence-electron chi connectivity index (χ3n) is 3.24. The van der Waals surface area contributed by atoms with E-state index in [4.69, 9.17) is 5.11 Å². The minimum Gasteiger partial charge on any atom is -0.748 e. The minimum absolute atomic E-state index is 0.0336. The van der Waals surface area contributed by atoms with Crippen molar-refractivity contribution >= 4 is 10.1 Å². The van der Waals surface area contributed by atoms with Crippen molar-refractivity contribution in [2.24, 2.45) is 0 Å². The maximum absolute atomic E-state index is 9.72. The van der Waals surface area contributed by atoms with E-state index in [1.54, 1.807) is 0 Å². The summed E-state index contributed by atoms with van der Waals surface area (Å²) < 4.78 is 30.4. The lowest BCUT2D eigenvalue weighted by Gasteiger charge is -2.34. The topological polar surface area (TPSA) is 77.4 Å². The number of nitrogens with zero attached hydrogens (tertiary/aromatic N) is 1. The monoisotopic (exact) mass is 269 g/mol. The van der Waals surface area contributed by atoms with Crippen LogP contribution in [0, 0.1) is 0 Å². The van der Waals surface area contributed by atoms with Gasteiger partial charge in [0.25, 0.3) is 0 Å². The van der Waals surface area contributed by atoms with Crippen LogP contribution in [-0.2, 0) is 10.1 Å². The Morgan fingerprint density at radius 1 is 1.00 bits per heavy atom. The lowest BCUT2D eigenvalue weighted by Crippen LogP contribution is -2.47. The molecule has 0 unspecified atom stereocenters. The summed E-state index contributed by atoms with van der Waals surface area (Å²) in [5.41, 5.74) is 0. The van der Waals surface area contributed by atoms with Crippen LogP contribution in [0.2, 0.25) is 0 Å². The molecule has 0 aliphatic rings. The van der Waals surface area contributed by atoms with Gasteiger partial charge in [0.05, 0.1) is 36.3 Å². The van der Waals surface area contributed by atoms with Crippen molar-refractivity contribution in [2.45, 2.75) is 34.1 Å². The molecule has 0 fully saturated rings. The summed E-state index contributed by atoms with van der Waals surface area (Å²) in [7, 11) is -4.10. The molecule has 5 nitrogen and oxygen atoms in total. The molecule has 0 atom stereocenters. The molecule has 0 spiro atoms. The molecule has 106 valence electrons. The molecule has 1 N–H and O–H groups in total. The maximum Gasteiger partial charge on any atom is 0.0946 e. The zero-order chi connectivity index (χ0) is 13.9. The van der Waals surface area contributed by atoms with Gasteiger partial charge >= 0.3 is 0 Å². The number of rotatable bonds is 7. The highest BCUT2D eigenvalue weighted by Gasteiger charge is 2.16. The van der Waals surface area contributed by atoms with Crippen LogP contribution in [0.15, 0.2) is 0 Å². The van der Waals surface area contributed by atoms with Gasteiger partial charge in [0.1, 0.15) is 0 Å². The highest BCUT2D eigenvalue weighted by atomic mass is 32.2. The first-order valence-electron chi connectivity index (χ1n) is 6.20. The fourth-order valence-electron chi connectivity index (χ4n) is 1.58. The second-order valence-electron chi connectivity index (χ2n) is 3.95. The van der Waals surface area contributed by atoms with Crippen LogP contribution < -0.4 is 0 Å². The van der Waals surface area contributed by atoms with Crippen molar-refractivity contribution < 1.29 is 22.6 Å². The van der Waals surface area contributed by atoms with Crippen LogP contribution in [0.3, 0.4) is 0 Å². The Bertz CT molecular complexity index is 243. The Morgan fingerprint density at radius 3 is 1.41 bits per heavy atom. The van der Waals surface area contributed by atoms with Crippen LogP contribution >= 0.6 is 0 Å². The first-order chi connectivity index (χ1) is 7.80. The summed E-state index contributed by atoms with van der Waals surface area (Å²) >= 11 is 0. The van der Waals surface area contributed by atoms with E-state index in [-0.39, 0.29) is 13.0 Å². The van der Waals surface area contributed by atoms with Crippen molar-refractivity contribution in [2.75, 3.05) is 38.5 Å². The summed E-state index contributed by atoms with van der Waals surface area (Å²) in [5.74, 6) is -0.469. The van der Waals surface area contributed by atoms with E-state index < -0.39 is 15.9 Å². The van der Waals surface area contributed by atoms with Gasteiger partial charge in [-0.05, 0) is 34.1 Å². The van der Waals surface area contributed by atoms with Crippen molar-refractivity contribution in [1.82, 2.24) is 0 Å². The zero-order valence-electron chi connectivity index (χ0n) is 11.5. The number of aliphatic hydroxyl groups excluding tert-OH is 1. The SMILES string of the molecule is CC[N+](CC)(CC)CC.O=S(=O)([O-])CCCO. The highest BCUT2D eigenvalue weighted by Crippen LogP contribution is 2.03. The molecule has 0 aromatic carbocycles. The third-order valence-corrected chi connectivity index (χ3v) is 4.02. The Labute approximate surface area is 106 Å². The Hall–Kier alpha value is -0.170. The van der Waals surface area contributed by atoms with Gasteiger partial charge in [-0.2, -0.15) is 0 Å². The number of hydrogen-bond acceptors (Lipinski definition) is 4. The van der Waals surface area contributed by atoms with Crippen molar-refractivity contribution in [3.8, 4) is 0 Å². The quantitative estimate of drug-likeness (QED) is 0.548. The largest absolute Gasteiger partial charge is 0.748 e. The molecule has 0 aromatic rings. The van der Waals surface area contributed by atoms with Crippen molar-refractivity contribution in [1.29, 1.82) is 0 Å². The van der Waals surface area contributed by atoms with Crippen LogP contribution in [0.5, 0.6) is 0 Å². The van der Waals surface area contributed by atoms with Crippen LogP contribution in [0.4, 0.5) is 0 Å². The first-order valence-corrected chi connectivity index (χ1v) is 7.78. The molecule has 0 amide bonds. The molecule has 0 saturated heterocycles. The molecule has 0 aromatic heterocycles. The third kappa shape index (κ3) is 10.7. The van der Waals surface area contributed by atoms with Crippen LogP contribution in [-0.4, -0.2) is 61.1 Å². The van der Waals surface area contributed by atoms with E-state index in [2.05, 4.69) is 27.7 Å². The maximum atomic E-state index is 9.72. The van der Waals surface area contributed by atoms with Gasteiger partial charge in [0, 0.05) is 12.4 Å². The van der Waals surface area contributed by atoms with Gasteiger partial charge < -0.3 is 14.1 Å². The minimum atomic E-state index is -4.10. The van der Waals surface area contributed by atoms with Crippen molar-refractivity contribution in [3.05, 3.63) is 0 Å². The molecule has 0 bridgehead atoms. The fraction of sp³-hybridized carbons (Fsp3) is 1.00. The van der Waals surface area contributed by atoms with Gasteiger partial charge in [-0.15, -0.1) is 0 Å². The normalized spacial score (nSPS) is 11.9. The average molecular weight is 269 g/mol. The van der Waals surface area contributed by atoms with E-state index in [0.29, 0.717) is 0 Å². The van der Waals surface area contributed by atoms with E-state index >= 15 is 0 Å². The van der Waals surface area contributed by atoms with Gasteiger partial charge in [0.15, 0.2) is 0 Å². The molecular formula is C11H27NO4S. The predicted molar refractivity (Wildman–Crippen MR) is 68.7 cm³/mol. The standard InChI is InChI=1S/C8H20N.C3H8O4S/c1-5-9(6-2,7-3)8-4;4-2-1-3-8(5,6)7/h5-8H2,1-4H3;4H,1-3H2,(H,5,6,7)/q+1;/p-1. The van der Waals surface area contributed by atoms with Gasteiger partial charge in [-0.25, -0.2) is 8.42 Å². The zero-order valence-corrected chi connectivity index (χ0v) is 12.3. The Morgan fingerprint density at radius 2 is 1.35 bits per heavy atom. The molecule has 0 rings (SSSR count). The smallest absolute Gasteiger partial charge is 0.0946 e. The van der Waals surface area contributed by atoms with E-state index in [9.17, 15) is 13.0 Å². The molecule has 0 aliphatic carbocycles. The second kappa shape index (κ2) is 9.82. The highest BCUT2D eigenvalue weighted by molar-refractivity contribution is 7.85. The summed E-state index contributed by atoms with van der Waals surface area (Å²) in [5, 5.41) is 8.03. The Balaban J connectivity index is 0. The summed E-state index contributed by atoms with van der Waals surface area (Å²) in [6.07, 6.45) is 0.0336. The predicted octanol–water partition coefficient (Wildman–Crippen LogP) is 0.797. The lowest BCUT2D eigenvalue weighted by molar-refractivity contribution is -0.921. The second-order valence-corrected chi connectivity index (χ2v) is 5.47. The van der Waals surface area contributed by atoms with Gasteiger partial charge in [0.2, 0.25) is 0 Å². The molecule has 0 heterocycles. The van der Waals surface area contributed by atoms with E-state index in [1.807, 2.05) is 0 Å². The molecule has 0 aliphatic heterocycles.